The van der Waals surface area contributed by atoms with E-state index >= 15 is 0 Å². The van der Waals surface area contributed by atoms with Crippen molar-refractivity contribution in [2.45, 2.75) is 23.9 Å². The van der Waals surface area contributed by atoms with E-state index in [2.05, 4.69) is 25.3 Å². The first-order chi connectivity index (χ1) is 17.3. The molecular weight excluding hydrogens is 547 g/mol. The van der Waals surface area contributed by atoms with Gasteiger partial charge in [-0.2, -0.15) is 33.7 Å². The second kappa shape index (κ2) is 10.7. The van der Waals surface area contributed by atoms with Crippen LogP contribution in [0.15, 0.2) is 28.4 Å². The van der Waals surface area contributed by atoms with Gasteiger partial charge in [0.15, 0.2) is 21.3 Å². The molecule has 202 valence electrons. The molecular formula is C20H21F5N6O4S2. The largest absolute Gasteiger partial charge is 0.478 e. The Balaban J connectivity index is 2.17. The summed E-state index contributed by atoms with van der Waals surface area (Å²) >= 11 is 1.53. The van der Waals surface area contributed by atoms with Gasteiger partial charge in [-0.1, -0.05) is 6.92 Å². The molecule has 3 heterocycles. The molecule has 0 aromatic carbocycles. The Hall–Kier alpha value is -3.08. The number of halogens is 5. The highest BCUT2D eigenvalue weighted by atomic mass is 32.2. The molecule has 3 aromatic rings. The second-order valence-corrected chi connectivity index (χ2v) is 10.6. The number of hydrogen-bond donors (Lipinski definition) is 0. The lowest BCUT2D eigenvalue weighted by Crippen LogP contribution is -2.34. The molecule has 0 aliphatic carbocycles. The van der Waals surface area contributed by atoms with E-state index in [0.717, 1.165) is 0 Å². The Bertz CT molecular complexity index is 1430. The lowest BCUT2D eigenvalue weighted by atomic mass is 10.2. The van der Waals surface area contributed by atoms with Crippen LogP contribution in [0.25, 0.3) is 22.7 Å². The van der Waals surface area contributed by atoms with Crippen LogP contribution in [-0.2, 0) is 32.4 Å². The monoisotopic (exact) mass is 568 g/mol. The molecule has 0 N–H and O–H groups in total. The molecule has 0 amide bonds. The van der Waals surface area contributed by atoms with Gasteiger partial charge in [-0.05, 0) is 23.5 Å². The summed E-state index contributed by atoms with van der Waals surface area (Å²) in [6, 6.07) is 1.68. The molecule has 0 bridgehead atoms. The van der Waals surface area contributed by atoms with Gasteiger partial charge in [-0.3, -0.25) is 4.98 Å². The minimum atomic E-state index is -5.90. The normalized spacial score (nSPS) is 13.3. The lowest BCUT2D eigenvalue weighted by Gasteiger charge is -2.17. The zero-order valence-corrected chi connectivity index (χ0v) is 21.5. The molecule has 0 aliphatic rings. The summed E-state index contributed by atoms with van der Waals surface area (Å²) in [5.41, 5.74) is -2.20. The Labute approximate surface area is 212 Å². The number of methoxy groups -OCH3 is 1. The minimum Gasteiger partial charge on any atom is -0.478 e. The Morgan fingerprint density at radius 2 is 1.89 bits per heavy atom. The maximum Gasteiger partial charge on any atom is 0.459 e. The zero-order chi connectivity index (χ0) is 27.6. The van der Waals surface area contributed by atoms with E-state index < -0.39 is 27.6 Å². The fourth-order valence-corrected chi connectivity index (χ4v) is 4.35. The predicted octanol–water partition coefficient (Wildman–Crippen LogP) is 3.56. The van der Waals surface area contributed by atoms with Crippen LogP contribution in [0.4, 0.5) is 22.0 Å². The molecule has 3 rings (SSSR count). The van der Waals surface area contributed by atoms with Crippen LogP contribution in [0.5, 0.6) is 0 Å². The van der Waals surface area contributed by atoms with Gasteiger partial charge in [0.2, 0.25) is 0 Å². The first-order valence-corrected chi connectivity index (χ1v) is 13.4. The average molecular weight is 569 g/mol. The Morgan fingerprint density at radius 3 is 2.49 bits per heavy atom. The summed E-state index contributed by atoms with van der Waals surface area (Å²) in [5.74, 6) is -5.15. The quantitative estimate of drug-likeness (QED) is 0.125. The van der Waals surface area contributed by atoms with Crippen molar-refractivity contribution in [2.75, 3.05) is 31.5 Å². The SMILES string of the molecule is CCS(=O)(=O)c1cc(/C(=N/OCCSC)OC)cnc1-c1nc2cc(C(F)(F)C(F)(F)F)nnc2n1C. The maximum absolute atomic E-state index is 13.8. The summed E-state index contributed by atoms with van der Waals surface area (Å²) in [4.78, 5) is 13.1. The van der Waals surface area contributed by atoms with Crippen molar-refractivity contribution in [3.63, 3.8) is 0 Å². The van der Waals surface area contributed by atoms with Gasteiger partial charge in [0.1, 0.15) is 23.5 Å². The van der Waals surface area contributed by atoms with Gasteiger partial charge in [-0.25, -0.2) is 13.4 Å². The highest BCUT2D eigenvalue weighted by Crippen LogP contribution is 2.43. The van der Waals surface area contributed by atoms with Gasteiger partial charge in [0.25, 0.3) is 5.90 Å². The summed E-state index contributed by atoms with van der Waals surface area (Å²) < 4.78 is 98.2. The predicted molar refractivity (Wildman–Crippen MR) is 125 cm³/mol. The number of imidazole rings is 1. The van der Waals surface area contributed by atoms with Crippen LogP contribution >= 0.6 is 11.8 Å². The smallest absolute Gasteiger partial charge is 0.459 e. The lowest BCUT2D eigenvalue weighted by molar-refractivity contribution is -0.291. The number of aromatic nitrogens is 5. The van der Waals surface area contributed by atoms with Crippen molar-refractivity contribution in [1.29, 1.82) is 0 Å². The van der Waals surface area contributed by atoms with Gasteiger partial charge < -0.3 is 14.1 Å². The van der Waals surface area contributed by atoms with Gasteiger partial charge in [-0.15, -0.1) is 10.2 Å². The van der Waals surface area contributed by atoms with E-state index in [1.807, 2.05) is 6.26 Å². The molecule has 0 saturated carbocycles. The number of ether oxygens (including phenoxy) is 1. The van der Waals surface area contributed by atoms with Crippen molar-refractivity contribution in [3.05, 3.63) is 29.6 Å². The van der Waals surface area contributed by atoms with Crippen molar-refractivity contribution < 1.29 is 39.9 Å². The fraction of sp³-hybridized carbons (Fsp3) is 0.450. The molecule has 0 fully saturated rings. The average Bonchev–Trinajstić information content (AvgIpc) is 3.18. The number of nitrogens with zero attached hydrogens (tertiary/aromatic N) is 6. The third kappa shape index (κ3) is 5.61. The second-order valence-electron chi connectivity index (χ2n) is 7.41. The molecule has 0 saturated heterocycles. The van der Waals surface area contributed by atoms with Crippen LogP contribution in [0, 0.1) is 0 Å². The third-order valence-electron chi connectivity index (χ3n) is 5.04. The van der Waals surface area contributed by atoms with Crippen LogP contribution in [-0.4, -0.2) is 76.7 Å². The first kappa shape index (κ1) is 28.5. The fourth-order valence-electron chi connectivity index (χ4n) is 3.05. The number of alkyl halides is 5. The number of fused-ring (bicyclic) bond motifs is 1. The molecule has 0 aliphatic heterocycles. The first-order valence-electron chi connectivity index (χ1n) is 10.4. The molecule has 0 spiro atoms. The maximum atomic E-state index is 13.8. The van der Waals surface area contributed by atoms with E-state index in [0.29, 0.717) is 11.8 Å². The highest BCUT2D eigenvalue weighted by molar-refractivity contribution is 7.98. The summed E-state index contributed by atoms with van der Waals surface area (Å²) in [6.07, 6.45) is -2.78. The molecule has 0 unspecified atom stereocenters. The highest BCUT2D eigenvalue weighted by Gasteiger charge is 2.60. The van der Waals surface area contributed by atoms with Crippen molar-refractivity contribution in [3.8, 4) is 11.5 Å². The van der Waals surface area contributed by atoms with Gasteiger partial charge >= 0.3 is 12.1 Å². The Morgan fingerprint density at radius 1 is 1.19 bits per heavy atom. The standard InChI is InChI=1S/C20H21F5N6O4S2/c1-5-37(32,33)13-8-11(18(34-3)30-35-6-7-36-4)10-26-15(13)17-27-12-9-14(19(21,22)20(23,24)25)28-29-16(12)31(17)2/h8-10H,5-7H2,1-4H3/b30-18-. The molecule has 0 atom stereocenters. The minimum absolute atomic E-state index is 0.0531. The van der Waals surface area contributed by atoms with E-state index in [4.69, 9.17) is 9.57 Å². The van der Waals surface area contributed by atoms with Crippen molar-refractivity contribution >= 4 is 38.7 Å². The molecule has 10 nitrogen and oxygen atoms in total. The van der Waals surface area contributed by atoms with Crippen LogP contribution in [0.2, 0.25) is 0 Å². The Kier molecular flexibility index (Phi) is 8.26. The number of hydrogen-bond acceptors (Lipinski definition) is 10. The van der Waals surface area contributed by atoms with E-state index in [9.17, 15) is 30.4 Å². The number of pyridine rings is 1. The molecule has 0 radical (unpaired) electrons. The summed E-state index contributed by atoms with van der Waals surface area (Å²) in [5, 5.41) is 10.3. The van der Waals surface area contributed by atoms with Crippen LogP contribution in [0.3, 0.4) is 0 Å². The molecule has 17 heteroatoms. The van der Waals surface area contributed by atoms with Gasteiger partial charge in [0.05, 0.1) is 23.3 Å². The molecule has 37 heavy (non-hydrogen) atoms. The van der Waals surface area contributed by atoms with Gasteiger partial charge in [0, 0.05) is 19.0 Å². The topological polar surface area (TPSA) is 121 Å². The zero-order valence-electron chi connectivity index (χ0n) is 19.9. The van der Waals surface area contributed by atoms with Crippen LogP contribution < -0.4 is 0 Å². The summed E-state index contributed by atoms with van der Waals surface area (Å²) in [6.45, 7) is 1.67. The van der Waals surface area contributed by atoms with Crippen molar-refractivity contribution in [2.24, 2.45) is 12.2 Å². The number of aryl methyl sites for hydroxylation is 1. The van der Waals surface area contributed by atoms with Crippen molar-refractivity contribution in [1.82, 2.24) is 24.7 Å². The number of rotatable bonds is 9. The van der Waals surface area contributed by atoms with Crippen LogP contribution in [0.1, 0.15) is 18.2 Å². The number of thioether (sulfide) groups is 1. The number of oxime groups is 1. The summed E-state index contributed by atoms with van der Waals surface area (Å²) in [7, 11) is -1.29. The molecule has 3 aromatic heterocycles. The number of sulfone groups is 1. The third-order valence-corrected chi connectivity index (χ3v) is 7.36. The van der Waals surface area contributed by atoms with E-state index in [1.165, 1.54) is 49.7 Å². The van der Waals surface area contributed by atoms with E-state index in [-0.39, 0.29) is 51.4 Å². The van der Waals surface area contributed by atoms with E-state index in [1.54, 1.807) is 0 Å².